The van der Waals surface area contributed by atoms with Crippen LogP contribution in [0.1, 0.15) is 277 Å². The van der Waals surface area contributed by atoms with Gasteiger partial charge in [-0.15, -0.1) is 0 Å². The molecule has 9 aliphatic rings. The monoisotopic (exact) mass is 892 g/mol. The van der Waals surface area contributed by atoms with Crippen LogP contribution >= 0.6 is 0 Å². The lowest BCUT2D eigenvalue weighted by Gasteiger charge is -2.61. The fraction of sp³-hybridized carbons (Fsp3) is 0.938. The predicted molar refractivity (Wildman–Crippen MR) is 281 cm³/mol. The van der Waals surface area contributed by atoms with Gasteiger partial charge in [-0.2, -0.15) is 0 Å². The smallest absolute Gasteiger partial charge is 0.00982 e. The Bertz CT molecular complexity index is 1350. The van der Waals surface area contributed by atoms with Crippen molar-refractivity contribution < 1.29 is 0 Å². The van der Waals surface area contributed by atoms with Crippen LogP contribution in [0.25, 0.3) is 0 Å². The van der Waals surface area contributed by atoms with E-state index in [-0.39, 0.29) is 0 Å². The second kappa shape index (κ2) is 25.5. The van der Waals surface area contributed by atoms with E-state index in [0.717, 1.165) is 88.9 Å². The number of fused-ring (bicyclic) bond motifs is 2. The number of rotatable bonds is 17. The third kappa shape index (κ3) is 12.7. The second-order valence-electron chi connectivity index (χ2n) is 26.0. The van der Waals surface area contributed by atoms with Gasteiger partial charge in [-0.1, -0.05) is 153 Å². The molecule has 0 heterocycles. The summed E-state index contributed by atoms with van der Waals surface area (Å²) in [5.41, 5.74) is 4.04. The minimum absolute atomic E-state index is 0.875. The summed E-state index contributed by atoms with van der Waals surface area (Å²) in [4.78, 5) is 3.13. The molecule has 7 atom stereocenters. The highest BCUT2D eigenvalue weighted by Gasteiger charge is 2.56. The van der Waals surface area contributed by atoms with Crippen LogP contribution in [-0.2, 0) is 0 Å². The summed E-state index contributed by atoms with van der Waals surface area (Å²) in [5, 5.41) is 0. The topological polar surface area (TPSA) is 3.24 Å². The first kappa shape index (κ1) is 49.4. The predicted octanol–water partition coefficient (Wildman–Crippen LogP) is 19.3. The van der Waals surface area contributed by atoms with Gasteiger partial charge < -0.3 is 4.90 Å². The Hall–Kier alpha value is -0.560. The molecule has 0 aromatic carbocycles. The first-order valence-corrected chi connectivity index (χ1v) is 31.4. The van der Waals surface area contributed by atoms with E-state index in [1.807, 2.05) is 11.1 Å². The van der Waals surface area contributed by atoms with Crippen molar-refractivity contribution in [3.05, 3.63) is 23.3 Å². The molecule has 1 nitrogen and oxygen atoms in total. The molecule has 370 valence electrons. The van der Waals surface area contributed by atoms with Gasteiger partial charge in [0, 0.05) is 6.04 Å². The molecule has 0 bridgehead atoms. The quantitative estimate of drug-likeness (QED) is 0.104. The van der Waals surface area contributed by atoms with Crippen molar-refractivity contribution >= 4 is 0 Å². The molecule has 0 N–H and O–H groups in total. The maximum atomic E-state index is 3.13. The van der Waals surface area contributed by atoms with Crippen LogP contribution in [-0.4, -0.2) is 24.0 Å². The Morgan fingerprint density at radius 1 is 0.354 bits per heavy atom. The van der Waals surface area contributed by atoms with Crippen LogP contribution in [0.5, 0.6) is 0 Å². The maximum Gasteiger partial charge on any atom is 0.00982 e. The fourth-order valence-electron chi connectivity index (χ4n) is 19.1. The van der Waals surface area contributed by atoms with Crippen molar-refractivity contribution in [2.45, 2.75) is 283 Å². The minimum Gasteiger partial charge on any atom is -0.300 e. The van der Waals surface area contributed by atoms with Gasteiger partial charge in [0.2, 0.25) is 0 Å². The molecule has 0 aromatic rings. The Kier molecular flexibility index (Phi) is 19.4. The molecule has 9 saturated carbocycles. The van der Waals surface area contributed by atoms with Gasteiger partial charge >= 0.3 is 0 Å². The van der Waals surface area contributed by atoms with E-state index >= 15 is 0 Å². The first-order valence-electron chi connectivity index (χ1n) is 31.4. The second-order valence-corrected chi connectivity index (χ2v) is 26.0. The first-order chi connectivity index (χ1) is 32.2. The van der Waals surface area contributed by atoms with Gasteiger partial charge in [0.25, 0.3) is 0 Å². The molecule has 9 fully saturated rings. The van der Waals surface area contributed by atoms with E-state index in [1.165, 1.54) is 212 Å². The van der Waals surface area contributed by atoms with Crippen LogP contribution in [0.4, 0.5) is 0 Å². The van der Waals surface area contributed by atoms with E-state index < -0.39 is 0 Å². The number of hydrogen-bond acceptors (Lipinski definition) is 1. The van der Waals surface area contributed by atoms with Gasteiger partial charge in [-0.3, -0.25) is 0 Å². The Balaban J connectivity index is 0.943. The van der Waals surface area contributed by atoms with Crippen molar-refractivity contribution in [2.24, 2.45) is 82.9 Å². The fourth-order valence-corrected chi connectivity index (χ4v) is 19.1. The molecule has 9 aliphatic carbocycles. The van der Waals surface area contributed by atoms with Crippen LogP contribution in [0, 0.1) is 82.9 Å². The average Bonchev–Trinajstić information content (AvgIpc) is 3.37. The van der Waals surface area contributed by atoms with Gasteiger partial charge in [0.15, 0.2) is 0 Å². The summed E-state index contributed by atoms with van der Waals surface area (Å²) < 4.78 is 0. The van der Waals surface area contributed by atoms with E-state index in [4.69, 9.17) is 0 Å². The van der Waals surface area contributed by atoms with E-state index in [9.17, 15) is 0 Å². The lowest BCUT2D eigenvalue weighted by Crippen LogP contribution is -2.56. The highest BCUT2D eigenvalue weighted by Crippen LogP contribution is 2.63. The van der Waals surface area contributed by atoms with E-state index in [0.29, 0.717) is 0 Å². The third-order valence-electron chi connectivity index (χ3n) is 22.3. The number of hydrogen-bond donors (Lipinski definition) is 0. The molecule has 0 saturated heterocycles. The summed E-state index contributed by atoms with van der Waals surface area (Å²) in [6.45, 7) is 7.63. The molecule has 0 amide bonds. The summed E-state index contributed by atoms with van der Waals surface area (Å²) in [6.07, 6.45) is 68.2. The van der Waals surface area contributed by atoms with Crippen molar-refractivity contribution in [3.8, 4) is 0 Å². The van der Waals surface area contributed by atoms with Crippen LogP contribution < -0.4 is 0 Å². The standard InChI is InChI=1S/C64H109N/c1-3-5-21-43-65(44-22-6-4-2)56-41-42-59-62(47-56)64(55-39-35-49(36-40-55)46-61(52-27-15-9-16-28-52)53-29-17-10-18-30-53)58-32-20-19-31-57(58)63(59)54-37-33-48(34-38-54)45-60(50-23-11-7-12-24-50)51-25-13-8-14-26-51/h45-46,48-59,62-64H,3-44,47H2,1-2H3. The molecule has 65 heavy (non-hydrogen) atoms. The molecule has 0 aromatic heterocycles. The number of allylic oxidation sites excluding steroid dienone is 4. The number of unbranched alkanes of at least 4 members (excludes halogenated alkanes) is 4. The largest absolute Gasteiger partial charge is 0.300 e. The zero-order valence-electron chi connectivity index (χ0n) is 43.7. The molecular formula is C64H109N. The lowest BCUT2D eigenvalue weighted by atomic mass is 9.44. The summed E-state index contributed by atoms with van der Waals surface area (Å²) >= 11 is 0. The van der Waals surface area contributed by atoms with Crippen molar-refractivity contribution in [1.82, 2.24) is 4.90 Å². The van der Waals surface area contributed by atoms with Crippen LogP contribution in [0.15, 0.2) is 23.3 Å². The van der Waals surface area contributed by atoms with E-state index in [1.54, 1.807) is 64.2 Å². The summed E-state index contributed by atoms with van der Waals surface area (Å²) in [5.74, 6) is 13.9. The van der Waals surface area contributed by atoms with Gasteiger partial charge in [-0.05, 0) is 244 Å². The average molecular weight is 893 g/mol. The Morgan fingerprint density at radius 3 is 1.09 bits per heavy atom. The highest BCUT2D eigenvalue weighted by atomic mass is 15.2. The lowest BCUT2D eigenvalue weighted by molar-refractivity contribution is -0.124. The molecule has 7 unspecified atom stereocenters. The van der Waals surface area contributed by atoms with Crippen molar-refractivity contribution in [2.75, 3.05) is 13.1 Å². The minimum atomic E-state index is 0.875. The Labute approximate surface area is 405 Å². The number of nitrogens with zero attached hydrogens (tertiary/aromatic N) is 1. The van der Waals surface area contributed by atoms with Crippen molar-refractivity contribution in [1.29, 1.82) is 0 Å². The van der Waals surface area contributed by atoms with Gasteiger partial charge in [-0.25, -0.2) is 0 Å². The molecule has 0 radical (unpaired) electrons. The molecule has 0 aliphatic heterocycles. The van der Waals surface area contributed by atoms with Gasteiger partial charge in [0.1, 0.15) is 0 Å². The molecular weight excluding hydrogens is 783 g/mol. The van der Waals surface area contributed by atoms with Crippen LogP contribution in [0.2, 0.25) is 0 Å². The molecule has 1 heteroatoms. The highest BCUT2D eigenvalue weighted by molar-refractivity contribution is 5.17. The zero-order chi connectivity index (χ0) is 44.2. The Morgan fingerprint density at radius 2 is 0.708 bits per heavy atom. The molecule has 9 rings (SSSR count). The molecule has 0 spiro atoms. The van der Waals surface area contributed by atoms with Crippen LogP contribution in [0.3, 0.4) is 0 Å². The normalized spacial score (nSPS) is 37.3. The maximum absolute atomic E-state index is 3.13. The third-order valence-corrected chi connectivity index (χ3v) is 22.3. The van der Waals surface area contributed by atoms with Crippen molar-refractivity contribution in [3.63, 3.8) is 0 Å². The van der Waals surface area contributed by atoms with Gasteiger partial charge in [0.05, 0.1) is 0 Å². The zero-order valence-corrected chi connectivity index (χ0v) is 43.7. The SMILES string of the molecule is CCCCCN(CCCCC)C1CCC2C(C1)C(C1CCC(C=C(C3CCCCC3)C3CCCCC3)CC1)C1CCCCC1C2C1CCC(C=C(C2CCCCC2)C2CCCCC2)CC1. The summed E-state index contributed by atoms with van der Waals surface area (Å²) in [6, 6.07) is 0.875. The van der Waals surface area contributed by atoms with E-state index in [2.05, 4.69) is 30.9 Å². The summed E-state index contributed by atoms with van der Waals surface area (Å²) in [7, 11) is 0.